The molecule has 158 valence electrons. The van der Waals surface area contributed by atoms with E-state index in [1.54, 1.807) is 30.7 Å². The van der Waals surface area contributed by atoms with Gasteiger partial charge in [0.25, 0.3) is 10.0 Å². The van der Waals surface area contributed by atoms with Crippen molar-refractivity contribution in [2.75, 3.05) is 10.0 Å². The average molecular weight is 467 g/mol. The Balaban J connectivity index is 1.85. The van der Waals surface area contributed by atoms with Crippen molar-refractivity contribution in [3.05, 3.63) is 69.5 Å². The van der Waals surface area contributed by atoms with Crippen LogP contribution in [0.3, 0.4) is 0 Å². The van der Waals surface area contributed by atoms with E-state index in [-0.39, 0.29) is 10.8 Å². The Morgan fingerprint density at radius 1 is 1.10 bits per heavy atom. The van der Waals surface area contributed by atoms with Crippen LogP contribution in [0.2, 0.25) is 10.0 Å². The highest BCUT2D eigenvalue weighted by Gasteiger charge is 2.20. The Kier molecular flexibility index (Phi) is 6.40. The Morgan fingerprint density at radius 2 is 1.77 bits per heavy atom. The first-order chi connectivity index (χ1) is 14.1. The van der Waals surface area contributed by atoms with Gasteiger partial charge in [0, 0.05) is 22.7 Å². The van der Waals surface area contributed by atoms with Crippen molar-refractivity contribution in [1.82, 2.24) is 9.78 Å². The van der Waals surface area contributed by atoms with Crippen LogP contribution in [0.1, 0.15) is 23.9 Å². The van der Waals surface area contributed by atoms with Gasteiger partial charge in [0.2, 0.25) is 5.91 Å². The largest absolute Gasteiger partial charge is 0.326 e. The number of carbonyl (C=O) groups excluding carboxylic acids is 1. The number of amides is 1. The summed E-state index contributed by atoms with van der Waals surface area (Å²) >= 11 is 12.2. The van der Waals surface area contributed by atoms with Crippen LogP contribution < -0.4 is 10.0 Å². The standard InChI is InChI=1S/C20H20Cl2N4O3S/c1-12-20(13(2)26(24-12)11-15-4-5-16(21)10-19(15)22)25-30(28,29)18-8-6-17(7-9-18)23-14(3)27/h4-10,25H,11H2,1-3H3,(H,23,27). The van der Waals surface area contributed by atoms with Gasteiger partial charge in [-0.05, 0) is 55.8 Å². The van der Waals surface area contributed by atoms with E-state index in [9.17, 15) is 13.2 Å². The van der Waals surface area contributed by atoms with Crippen LogP contribution in [0.25, 0.3) is 0 Å². The topological polar surface area (TPSA) is 93.1 Å². The lowest BCUT2D eigenvalue weighted by Crippen LogP contribution is -2.14. The van der Waals surface area contributed by atoms with Gasteiger partial charge < -0.3 is 5.32 Å². The van der Waals surface area contributed by atoms with Crippen LogP contribution >= 0.6 is 23.2 Å². The average Bonchev–Trinajstić information content (AvgIpc) is 2.91. The summed E-state index contributed by atoms with van der Waals surface area (Å²) in [6.45, 7) is 5.26. The van der Waals surface area contributed by atoms with Crippen LogP contribution in [-0.4, -0.2) is 24.1 Å². The molecule has 2 N–H and O–H groups in total. The lowest BCUT2D eigenvalue weighted by Gasteiger charge is -2.10. The molecule has 0 aliphatic rings. The van der Waals surface area contributed by atoms with Crippen molar-refractivity contribution in [2.24, 2.45) is 0 Å². The number of anilines is 2. The summed E-state index contributed by atoms with van der Waals surface area (Å²) in [6.07, 6.45) is 0. The van der Waals surface area contributed by atoms with E-state index in [2.05, 4.69) is 15.1 Å². The van der Waals surface area contributed by atoms with Crippen molar-refractivity contribution >= 4 is 50.5 Å². The number of hydrogen-bond donors (Lipinski definition) is 2. The molecule has 0 aliphatic heterocycles. The van der Waals surface area contributed by atoms with Gasteiger partial charge in [-0.1, -0.05) is 29.3 Å². The fourth-order valence-electron chi connectivity index (χ4n) is 2.92. The molecule has 0 unspecified atom stereocenters. The fourth-order valence-corrected chi connectivity index (χ4v) is 4.57. The van der Waals surface area contributed by atoms with Crippen LogP contribution in [0.4, 0.5) is 11.4 Å². The lowest BCUT2D eigenvalue weighted by molar-refractivity contribution is -0.114. The summed E-state index contributed by atoms with van der Waals surface area (Å²) in [5.74, 6) is -0.233. The number of hydrogen-bond acceptors (Lipinski definition) is 4. The molecule has 1 heterocycles. The number of nitrogens with zero attached hydrogens (tertiary/aromatic N) is 2. The van der Waals surface area contributed by atoms with E-state index >= 15 is 0 Å². The number of carbonyl (C=O) groups is 1. The van der Waals surface area contributed by atoms with Crippen LogP contribution in [0.5, 0.6) is 0 Å². The van der Waals surface area contributed by atoms with Crippen molar-refractivity contribution < 1.29 is 13.2 Å². The second-order valence-electron chi connectivity index (χ2n) is 6.75. The molecule has 3 rings (SSSR count). The summed E-state index contributed by atoms with van der Waals surface area (Å²) < 4.78 is 29.9. The zero-order valence-corrected chi connectivity index (χ0v) is 18.9. The van der Waals surface area contributed by atoms with Gasteiger partial charge in [-0.15, -0.1) is 0 Å². The number of rotatable bonds is 6. The molecule has 0 aliphatic carbocycles. The van der Waals surface area contributed by atoms with E-state index in [1.807, 2.05) is 6.07 Å². The van der Waals surface area contributed by atoms with E-state index in [1.165, 1.54) is 31.2 Å². The Morgan fingerprint density at radius 3 is 2.37 bits per heavy atom. The molecule has 0 fully saturated rings. The fraction of sp³-hybridized carbons (Fsp3) is 0.200. The maximum atomic E-state index is 12.8. The molecule has 0 atom stereocenters. The quantitative estimate of drug-likeness (QED) is 0.554. The molecule has 3 aromatic rings. The molecule has 0 saturated carbocycles. The van der Waals surface area contributed by atoms with E-state index in [0.29, 0.717) is 39.4 Å². The SMILES string of the molecule is CC(=O)Nc1ccc(S(=O)(=O)Nc2c(C)nn(Cc3ccc(Cl)cc3Cl)c2C)cc1. The zero-order valence-electron chi connectivity index (χ0n) is 16.5. The Hall–Kier alpha value is -2.55. The monoisotopic (exact) mass is 466 g/mol. The molecule has 2 aromatic carbocycles. The number of aromatic nitrogens is 2. The van der Waals surface area contributed by atoms with Crippen LogP contribution in [0, 0.1) is 13.8 Å². The summed E-state index contributed by atoms with van der Waals surface area (Å²) in [5, 5.41) is 8.09. The van der Waals surface area contributed by atoms with Crippen LogP contribution in [0.15, 0.2) is 47.4 Å². The van der Waals surface area contributed by atoms with Gasteiger partial charge in [0.1, 0.15) is 0 Å². The van der Waals surface area contributed by atoms with E-state index in [0.717, 1.165) is 5.56 Å². The minimum absolute atomic E-state index is 0.0731. The third kappa shape index (κ3) is 4.95. The van der Waals surface area contributed by atoms with Gasteiger partial charge in [-0.25, -0.2) is 8.42 Å². The summed E-state index contributed by atoms with van der Waals surface area (Å²) in [4.78, 5) is 11.2. The third-order valence-electron chi connectivity index (χ3n) is 4.44. The molecule has 0 saturated heterocycles. The highest BCUT2D eigenvalue weighted by molar-refractivity contribution is 7.92. The highest BCUT2D eigenvalue weighted by atomic mass is 35.5. The first-order valence-electron chi connectivity index (χ1n) is 8.95. The smallest absolute Gasteiger partial charge is 0.262 e. The molecule has 10 heteroatoms. The van der Waals surface area contributed by atoms with Crippen molar-refractivity contribution in [1.29, 1.82) is 0 Å². The predicted octanol–water partition coefficient (Wildman–Crippen LogP) is 4.61. The summed E-state index contributed by atoms with van der Waals surface area (Å²) in [6, 6.07) is 11.1. The number of benzene rings is 2. The van der Waals surface area contributed by atoms with Crippen molar-refractivity contribution in [2.45, 2.75) is 32.2 Å². The molecule has 0 bridgehead atoms. The van der Waals surface area contributed by atoms with E-state index in [4.69, 9.17) is 23.2 Å². The van der Waals surface area contributed by atoms with Gasteiger partial charge >= 0.3 is 0 Å². The molecule has 7 nitrogen and oxygen atoms in total. The molecule has 1 aromatic heterocycles. The van der Waals surface area contributed by atoms with E-state index < -0.39 is 10.0 Å². The first-order valence-corrected chi connectivity index (χ1v) is 11.2. The van der Waals surface area contributed by atoms with Gasteiger partial charge in [-0.3, -0.25) is 14.2 Å². The number of halogens is 2. The zero-order chi connectivity index (χ0) is 22.1. The number of aryl methyl sites for hydroxylation is 1. The maximum Gasteiger partial charge on any atom is 0.262 e. The number of nitrogens with one attached hydrogen (secondary N) is 2. The number of sulfonamides is 1. The second kappa shape index (κ2) is 8.67. The summed E-state index contributed by atoms with van der Waals surface area (Å²) in [5.41, 5.74) is 2.93. The second-order valence-corrected chi connectivity index (χ2v) is 9.28. The highest BCUT2D eigenvalue weighted by Crippen LogP contribution is 2.27. The molecule has 0 spiro atoms. The van der Waals surface area contributed by atoms with Gasteiger partial charge in [-0.2, -0.15) is 5.10 Å². The van der Waals surface area contributed by atoms with Crippen LogP contribution in [-0.2, 0) is 21.4 Å². The Labute approximate surface area is 185 Å². The van der Waals surface area contributed by atoms with Crippen molar-refractivity contribution in [3.8, 4) is 0 Å². The minimum atomic E-state index is -3.84. The van der Waals surface area contributed by atoms with Gasteiger partial charge in [0.05, 0.1) is 28.5 Å². The predicted molar refractivity (Wildman–Crippen MR) is 119 cm³/mol. The molecular formula is C20H20Cl2N4O3S. The Bertz CT molecular complexity index is 1210. The molecule has 1 amide bonds. The first kappa shape index (κ1) is 22.1. The third-order valence-corrected chi connectivity index (χ3v) is 6.39. The summed E-state index contributed by atoms with van der Waals surface area (Å²) in [7, 11) is -3.84. The maximum absolute atomic E-state index is 12.8. The molecule has 30 heavy (non-hydrogen) atoms. The molecular weight excluding hydrogens is 447 g/mol. The lowest BCUT2D eigenvalue weighted by atomic mass is 10.2. The van der Waals surface area contributed by atoms with Gasteiger partial charge in [0.15, 0.2) is 0 Å². The minimum Gasteiger partial charge on any atom is -0.326 e. The van der Waals surface area contributed by atoms with Crippen molar-refractivity contribution in [3.63, 3.8) is 0 Å². The normalized spacial score (nSPS) is 11.4. The molecule has 0 radical (unpaired) electrons.